The highest BCUT2D eigenvalue weighted by molar-refractivity contribution is 5.98. The summed E-state index contributed by atoms with van der Waals surface area (Å²) < 4.78 is 0. The average Bonchev–Trinajstić information content (AvgIpc) is 2.49. The summed E-state index contributed by atoms with van der Waals surface area (Å²) in [5.41, 5.74) is 1.41. The van der Waals surface area contributed by atoms with Crippen LogP contribution in [-0.4, -0.2) is 35.0 Å². The van der Waals surface area contributed by atoms with Crippen molar-refractivity contribution in [2.24, 2.45) is 5.92 Å². The Bertz CT molecular complexity index is 584. The number of carboxylic acids is 1. The third kappa shape index (κ3) is 5.39. The zero-order valence-corrected chi connectivity index (χ0v) is 13.9. The minimum atomic E-state index is -1.09. The van der Waals surface area contributed by atoms with Gasteiger partial charge in [0.2, 0.25) is 5.91 Å². The molecule has 126 valence electrons. The van der Waals surface area contributed by atoms with Crippen LogP contribution >= 0.6 is 0 Å². The molecule has 0 radical (unpaired) electrons. The predicted octanol–water partition coefficient (Wildman–Crippen LogP) is 1.73. The Morgan fingerprint density at radius 2 is 1.83 bits per heavy atom. The van der Waals surface area contributed by atoms with Crippen molar-refractivity contribution in [1.29, 1.82) is 0 Å². The van der Waals surface area contributed by atoms with Gasteiger partial charge < -0.3 is 15.7 Å². The standard InChI is InChI=1S/C17H24N2O4/c1-5-13(17(22)23)18-16(21)14(10(2)3)19-15(20)12-8-6-7-11(4)9-12/h6-10,13-14H,5H2,1-4H3,(H,18,21)(H,19,20)(H,22,23). The first-order valence-corrected chi connectivity index (χ1v) is 7.67. The molecule has 0 spiro atoms. The number of aryl methyl sites for hydroxylation is 1. The van der Waals surface area contributed by atoms with Gasteiger partial charge in [-0.15, -0.1) is 0 Å². The lowest BCUT2D eigenvalue weighted by Crippen LogP contribution is -2.53. The molecule has 2 atom stereocenters. The first-order valence-electron chi connectivity index (χ1n) is 7.67. The number of hydrogen-bond donors (Lipinski definition) is 3. The number of carbonyl (C=O) groups excluding carboxylic acids is 2. The van der Waals surface area contributed by atoms with Gasteiger partial charge in [0, 0.05) is 5.56 Å². The molecule has 6 heteroatoms. The van der Waals surface area contributed by atoms with E-state index in [-0.39, 0.29) is 18.2 Å². The maximum atomic E-state index is 12.3. The second-order valence-electron chi connectivity index (χ2n) is 5.87. The van der Waals surface area contributed by atoms with E-state index in [0.717, 1.165) is 5.56 Å². The molecule has 0 aromatic heterocycles. The molecule has 0 fully saturated rings. The third-order valence-electron chi connectivity index (χ3n) is 3.54. The Morgan fingerprint density at radius 3 is 2.30 bits per heavy atom. The van der Waals surface area contributed by atoms with E-state index in [1.165, 1.54) is 0 Å². The summed E-state index contributed by atoms with van der Waals surface area (Å²) in [5.74, 6) is -2.11. The van der Waals surface area contributed by atoms with Crippen molar-refractivity contribution >= 4 is 17.8 Å². The Morgan fingerprint density at radius 1 is 1.17 bits per heavy atom. The molecule has 0 saturated carbocycles. The number of hydrogen-bond acceptors (Lipinski definition) is 3. The molecule has 0 aliphatic heterocycles. The zero-order valence-electron chi connectivity index (χ0n) is 13.9. The van der Waals surface area contributed by atoms with Gasteiger partial charge in [0.1, 0.15) is 12.1 Å². The normalized spacial score (nSPS) is 13.3. The van der Waals surface area contributed by atoms with Gasteiger partial charge in [0.05, 0.1) is 0 Å². The third-order valence-corrected chi connectivity index (χ3v) is 3.54. The Labute approximate surface area is 136 Å². The van der Waals surface area contributed by atoms with Crippen LogP contribution in [0.1, 0.15) is 43.1 Å². The Kier molecular flexibility index (Phi) is 6.75. The van der Waals surface area contributed by atoms with Gasteiger partial charge >= 0.3 is 5.97 Å². The van der Waals surface area contributed by atoms with Crippen molar-refractivity contribution in [3.8, 4) is 0 Å². The highest BCUT2D eigenvalue weighted by Gasteiger charge is 2.28. The minimum Gasteiger partial charge on any atom is -0.480 e. The number of carbonyl (C=O) groups is 3. The van der Waals surface area contributed by atoms with E-state index in [4.69, 9.17) is 5.11 Å². The monoisotopic (exact) mass is 320 g/mol. The number of aliphatic carboxylic acids is 1. The number of carboxylic acid groups (broad SMARTS) is 1. The molecular weight excluding hydrogens is 296 g/mol. The van der Waals surface area contributed by atoms with E-state index < -0.39 is 24.0 Å². The second-order valence-corrected chi connectivity index (χ2v) is 5.87. The fourth-order valence-corrected chi connectivity index (χ4v) is 2.15. The Hall–Kier alpha value is -2.37. The number of benzene rings is 1. The van der Waals surface area contributed by atoms with Gasteiger partial charge in [-0.2, -0.15) is 0 Å². The molecule has 6 nitrogen and oxygen atoms in total. The van der Waals surface area contributed by atoms with Crippen LogP contribution in [0, 0.1) is 12.8 Å². The van der Waals surface area contributed by atoms with E-state index in [2.05, 4.69) is 10.6 Å². The fraction of sp³-hybridized carbons (Fsp3) is 0.471. The van der Waals surface area contributed by atoms with Gasteiger partial charge in [0.15, 0.2) is 0 Å². The molecule has 0 aliphatic carbocycles. The van der Waals surface area contributed by atoms with Crippen molar-refractivity contribution in [1.82, 2.24) is 10.6 Å². The highest BCUT2D eigenvalue weighted by atomic mass is 16.4. The first-order chi connectivity index (χ1) is 10.8. The van der Waals surface area contributed by atoms with Crippen LogP contribution in [0.3, 0.4) is 0 Å². The van der Waals surface area contributed by atoms with Crippen molar-refractivity contribution in [3.63, 3.8) is 0 Å². The number of rotatable bonds is 7. The quantitative estimate of drug-likeness (QED) is 0.713. The van der Waals surface area contributed by atoms with Crippen molar-refractivity contribution in [3.05, 3.63) is 35.4 Å². The summed E-state index contributed by atoms with van der Waals surface area (Å²) in [6, 6.07) is 5.30. The molecule has 0 heterocycles. The van der Waals surface area contributed by atoms with E-state index >= 15 is 0 Å². The lowest BCUT2D eigenvalue weighted by molar-refractivity contribution is -0.142. The molecular formula is C17H24N2O4. The largest absolute Gasteiger partial charge is 0.480 e. The van der Waals surface area contributed by atoms with E-state index in [1.807, 2.05) is 13.0 Å². The summed E-state index contributed by atoms with van der Waals surface area (Å²) in [4.78, 5) is 35.6. The van der Waals surface area contributed by atoms with Gasteiger partial charge in [-0.1, -0.05) is 38.5 Å². The average molecular weight is 320 g/mol. The topological polar surface area (TPSA) is 95.5 Å². The van der Waals surface area contributed by atoms with Crippen LogP contribution < -0.4 is 10.6 Å². The fourth-order valence-electron chi connectivity index (χ4n) is 2.15. The molecule has 1 aromatic carbocycles. The van der Waals surface area contributed by atoms with Gasteiger partial charge in [0.25, 0.3) is 5.91 Å². The number of nitrogens with one attached hydrogen (secondary N) is 2. The SMILES string of the molecule is CCC(NC(=O)C(NC(=O)c1cccc(C)c1)C(C)C)C(=O)O. The maximum Gasteiger partial charge on any atom is 0.326 e. The summed E-state index contributed by atoms with van der Waals surface area (Å²) in [5, 5.41) is 14.2. The predicted molar refractivity (Wildman–Crippen MR) is 87.1 cm³/mol. The summed E-state index contributed by atoms with van der Waals surface area (Å²) in [7, 11) is 0. The minimum absolute atomic E-state index is 0.171. The van der Waals surface area contributed by atoms with E-state index in [9.17, 15) is 14.4 Å². The van der Waals surface area contributed by atoms with Gasteiger partial charge in [-0.3, -0.25) is 9.59 Å². The lowest BCUT2D eigenvalue weighted by atomic mass is 10.0. The number of amides is 2. The maximum absolute atomic E-state index is 12.3. The molecule has 2 amide bonds. The van der Waals surface area contributed by atoms with Crippen LogP contribution in [-0.2, 0) is 9.59 Å². The van der Waals surface area contributed by atoms with Gasteiger partial charge in [-0.25, -0.2) is 4.79 Å². The van der Waals surface area contributed by atoms with Crippen molar-refractivity contribution in [2.45, 2.75) is 46.2 Å². The van der Waals surface area contributed by atoms with Crippen LogP contribution in [0.25, 0.3) is 0 Å². The second kappa shape index (κ2) is 8.31. The highest BCUT2D eigenvalue weighted by Crippen LogP contribution is 2.08. The van der Waals surface area contributed by atoms with E-state index in [1.54, 1.807) is 39.0 Å². The molecule has 0 aliphatic rings. The smallest absolute Gasteiger partial charge is 0.326 e. The summed E-state index contributed by atoms with van der Waals surface area (Å²) >= 11 is 0. The van der Waals surface area contributed by atoms with Crippen LogP contribution in [0.4, 0.5) is 0 Å². The molecule has 0 saturated heterocycles. The molecule has 0 bridgehead atoms. The zero-order chi connectivity index (χ0) is 17.6. The first kappa shape index (κ1) is 18.7. The van der Waals surface area contributed by atoms with Crippen LogP contribution in [0.5, 0.6) is 0 Å². The van der Waals surface area contributed by atoms with E-state index in [0.29, 0.717) is 5.56 Å². The molecule has 3 N–H and O–H groups in total. The summed E-state index contributed by atoms with van der Waals surface area (Å²) in [6.45, 7) is 7.14. The Balaban J connectivity index is 2.84. The summed E-state index contributed by atoms with van der Waals surface area (Å²) in [6.07, 6.45) is 0.276. The van der Waals surface area contributed by atoms with Crippen molar-refractivity contribution in [2.75, 3.05) is 0 Å². The molecule has 2 unspecified atom stereocenters. The lowest BCUT2D eigenvalue weighted by Gasteiger charge is -2.23. The molecule has 23 heavy (non-hydrogen) atoms. The van der Waals surface area contributed by atoms with Crippen LogP contribution in [0.2, 0.25) is 0 Å². The van der Waals surface area contributed by atoms with Crippen molar-refractivity contribution < 1.29 is 19.5 Å². The molecule has 1 rings (SSSR count). The van der Waals surface area contributed by atoms with Crippen LogP contribution in [0.15, 0.2) is 24.3 Å². The molecule has 1 aromatic rings. The van der Waals surface area contributed by atoms with Gasteiger partial charge in [-0.05, 0) is 31.4 Å².